The van der Waals surface area contributed by atoms with Crippen molar-refractivity contribution in [1.82, 2.24) is 0 Å². The van der Waals surface area contributed by atoms with Gasteiger partial charge in [-0.25, -0.2) is 0 Å². The highest BCUT2D eigenvalue weighted by Crippen LogP contribution is 2.62. The van der Waals surface area contributed by atoms with Gasteiger partial charge in [-0.15, -0.1) is 0 Å². The molecule has 1 heterocycles. The maximum Gasteiger partial charge on any atom is 0.192 e. The SMILES string of the molecule is C=C1/C(=C\C=C2/CCC[C@]3(C)[C@@H]([C@H](C)/C=C/CCC4(C5(CCCC)OCCO5)CC4)CC[C@@H]23)C[C@@H](O[Si](C)(C)C(C)(C)C)C[C@@H]1O[Si](C)(C)C(C)(C)C. The number of fused-ring (bicyclic) bond motifs is 1. The first-order chi connectivity index (χ1) is 24.6. The predicted octanol–water partition coefficient (Wildman–Crippen LogP) is 13.9. The van der Waals surface area contributed by atoms with Crippen molar-refractivity contribution in [3.63, 3.8) is 0 Å². The Bertz CT molecular complexity index is 1370. The van der Waals surface area contributed by atoms with E-state index in [4.69, 9.17) is 24.9 Å². The minimum atomic E-state index is -1.99. The molecule has 4 saturated carbocycles. The zero-order valence-electron chi connectivity index (χ0n) is 36.8. The quantitative estimate of drug-likeness (QED) is 0.130. The molecule has 1 aliphatic heterocycles. The van der Waals surface area contributed by atoms with Gasteiger partial charge in [0.2, 0.25) is 0 Å². The van der Waals surface area contributed by atoms with Crippen LogP contribution in [0.5, 0.6) is 0 Å². The summed E-state index contributed by atoms with van der Waals surface area (Å²) in [5.41, 5.74) is 4.83. The van der Waals surface area contributed by atoms with Gasteiger partial charge in [0, 0.05) is 18.3 Å². The third-order valence-electron chi connectivity index (χ3n) is 15.9. The first-order valence-electron chi connectivity index (χ1n) is 22.0. The molecular weight excluding hydrogens is 685 g/mol. The van der Waals surface area contributed by atoms with E-state index in [-0.39, 0.29) is 33.5 Å². The Morgan fingerprint density at radius 3 is 2.15 bits per heavy atom. The summed E-state index contributed by atoms with van der Waals surface area (Å²) in [4.78, 5) is 0. The second-order valence-electron chi connectivity index (χ2n) is 21.5. The average molecular weight is 767 g/mol. The van der Waals surface area contributed by atoms with Crippen LogP contribution in [0, 0.1) is 28.6 Å². The summed E-state index contributed by atoms with van der Waals surface area (Å²) in [6.07, 6.45) is 27.0. The van der Waals surface area contributed by atoms with E-state index in [1.165, 1.54) is 75.4 Å². The molecule has 0 aromatic heterocycles. The van der Waals surface area contributed by atoms with Crippen molar-refractivity contribution in [1.29, 1.82) is 0 Å². The molecule has 0 unspecified atom stereocenters. The number of rotatable bonds is 14. The van der Waals surface area contributed by atoms with E-state index in [0.29, 0.717) is 17.3 Å². The van der Waals surface area contributed by atoms with E-state index in [9.17, 15) is 0 Å². The zero-order valence-corrected chi connectivity index (χ0v) is 38.8. The van der Waals surface area contributed by atoms with Crippen molar-refractivity contribution in [3.05, 3.63) is 47.6 Å². The van der Waals surface area contributed by atoms with Crippen molar-refractivity contribution in [2.24, 2.45) is 28.6 Å². The number of unbranched alkanes of at least 4 members (excludes halogenated alkanes) is 1. The van der Waals surface area contributed by atoms with Crippen LogP contribution < -0.4 is 0 Å². The van der Waals surface area contributed by atoms with E-state index in [2.05, 4.69) is 113 Å². The lowest BCUT2D eigenvalue weighted by Gasteiger charge is -2.45. The van der Waals surface area contributed by atoms with Crippen molar-refractivity contribution in [2.75, 3.05) is 13.2 Å². The second kappa shape index (κ2) is 16.2. The van der Waals surface area contributed by atoms with Crippen LogP contribution in [-0.4, -0.2) is 47.8 Å². The van der Waals surface area contributed by atoms with E-state index < -0.39 is 16.6 Å². The van der Waals surface area contributed by atoms with Gasteiger partial charge in [-0.2, -0.15) is 0 Å². The molecule has 4 aliphatic carbocycles. The molecule has 5 rings (SSSR count). The van der Waals surface area contributed by atoms with Crippen LogP contribution in [0.4, 0.5) is 0 Å². The first kappa shape index (κ1) is 43.4. The Morgan fingerprint density at radius 2 is 1.55 bits per heavy atom. The summed E-state index contributed by atoms with van der Waals surface area (Å²) in [7, 11) is -3.92. The maximum absolute atomic E-state index is 7.14. The Labute approximate surface area is 329 Å². The highest BCUT2D eigenvalue weighted by atomic mass is 28.4. The number of hydrogen-bond acceptors (Lipinski definition) is 4. The zero-order chi connectivity index (χ0) is 39.1. The summed E-state index contributed by atoms with van der Waals surface area (Å²) in [6, 6.07) is 0. The van der Waals surface area contributed by atoms with Crippen LogP contribution in [0.15, 0.2) is 47.6 Å². The Balaban J connectivity index is 1.28. The molecule has 0 bridgehead atoms. The van der Waals surface area contributed by atoms with Gasteiger partial charge in [-0.3, -0.25) is 0 Å². The molecule has 6 atom stereocenters. The van der Waals surface area contributed by atoms with E-state index in [0.717, 1.165) is 44.8 Å². The number of allylic oxidation sites excluding steroid dienone is 5. The minimum absolute atomic E-state index is 0.0269. The summed E-state index contributed by atoms with van der Waals surface area (Å²) < 4.78 is 27.0. The van der Waals surface area contributed by atoms with Crippen molar-refractivity contribution in [2.45, 2.75) is 206 Å². The summed E-state index contributed by atoms with van der Waals surface area (Å²) in [5, 5.41) is 0.330. The summed E-state index contributed by atoms with van der Waals surface area (Å²) in [6.45, 7) is 37.3. The third kappa shape index (κ3) is 9.19. The van der Waals surface area contributed by atoms with E-state index in [1.54, 1.807) is 5.57 Å². The molecule has 0 amide bonds. The second-order valence-corrected chi connectivity index (χ2v) is 31.0. The monoisotopic (exact) mass is 767 g/mol. The fourth-order valence-electron chi connectivity index (χ4n) is 10.3. The lowest BCUT2D eigenvalue weighted by Crippen LogP contribution is -2.49. The first-order valence-corrected chi connectivity index (χ1v) is 27.8. The normalized spacial score (nSPS) is 32.9. The average Bonchev–Trinajstić information content (AvgIpc) is 3.53. The van der Waals surface area contributed by atoms with Gasteiger partial charge in [-0.1, -0.05) is 105 Å². The van der Waals surface area contributed by atoms with Gasteiger partial charge >= 0.3 is 0 Å². The standard InChI is InChI=1S/C47H82O4Si2/c1-15-16-28-47(48-31-32-49-47)46(29-30-46)27-18-17-20-35(2)40-24-25-41-37(21-19-26-45(40,41)10)22-23-38-33-39(50-52(11,12)43(4,5)6)34-42(36(38)3)51-53(13,14)44(7,8)9/h17,20,22-23,35,39-42H,3,15-16,18-19,21,24-34H2,1-2,4-14H3/b20-17+,37-22+,38-23-/t35-,39-,40-,41+,42+,45-/m1/s1. The van der Waals surface area contributed by atoms with Crippen LogP contribution in [0.1, 0.15) is 152 Å². The molecule has 302 valence electrons. The van der Waals surface area contributed by atoms with Crippen molar-refractivity contribution < 1.29 is 18.3 Å². The smallest absolute Gasteiger partial charge is 0.192 e. The van der Waals surface area contributed by atoms with Gasteiger partial charge in [0.1, 0.15) is 0 Å². The third-order valence-corrected chi connectivity index (χ3v) is 24.9. The van der Waals surface area contributed by atoms with Gasteiger partial charge in [0.15, 0.2) is 22.4 Å². The number of ether oxygens (including phenoxy) is 2. The molecule has 0 N–H and O–H groups in total. The molecule has 4 nitrogen and oxygen atoms in total. The molecule has 6 heteroatoms. The van der Waals surface area contributed by atoms with Crippen LogP contribution in [0.3, 0.4) is 0 Å². The topological polar surface area (TPSA) is 36.9 Å². The van der Waals surface area contributed by atoms with Crippen molar-refractivity contribution >= 4 is 16.6 Å². The highest BCUT2D eigenvalue weighted by molar-refractivity contribution is 6.74. The summed E-state index contributed by atoms with van der Waals surface area (Å²) >= 11 is 0. The minimum Gasteiger partial charge on any atom is -0.413 e. The van der Waals surface area contributed by atoms with Gasteiger partial charge in [-0.05, 0) is 141 Å². The number of hydrogen-bond donors (Lipinski definition) is 0. The Morgan fingerprint density at radius 1 is 0.906 bits per heavy atom. The molecule has 0 radical (unpaired) electrons. The lowest BCUT2D eigenvalue weighted by atomic mass is 9.61. The van der Waals surface area contributed by atoms with Crippen LogP contribution in [0.2, 0.25) is 36.3 Å². The fourth-order valence-corrected chi connectivity index (χ4v) is 12.9. The summed E-state index contributed by atoms with van der Waals surface area (Å²) in [5.74, 6) is 1.71. The van der Waals surface area contributed by atoms with Gasteiger partial charge in [0.25, 0.3) is 0 Å². The van der Waals surface area contributed by atoms with Crippen LogP contribution >= 0.6 is 0 Å². The molecule has 0 aromatic rings. The molecule has 5 fully saturated rings. The molecule has 1 saturated heterocycles. The lowest BCUT2D eigenvalue weighted by molar-refractivity contribution is -0.213. The Hall–Kier alpha value is -0.766. The molecule has 0 spiro atoms. The van der Waals surface area contributed by atoms with Crippen LogP contribution in [-0.2, 0) is 18.3 Å². The molecule has 5 aliphatic rings. The highest BCUT2D eigenvalue weighted by Gasteiger charge is 2.62. The Kier molecular flexibility index (Phi) is 13.3. The molecule has 53 heavy (non-hydrogen) atoms. The van der Waals surface area contributed by atoms with E-state index in [1.807, 2.05) is 0 Å². The van der Waals surface area contributed by atoms with Gasteiger partial charge < -0.3 is 18.3 Å². The molecular formula is C47H82O4Si2. The predicted molar refractivity (Wildman–Crippen MR) is 230 cm³/mol. The largest absolute Gasteiger partial charge is 0.413 e. The molecule has 0 aromatic carbocycles. The maximum atomic E-state index is 7.14. The van der Waals surface area contributed by atoms with Crippen molar-refractivity contribution in [3.8, 4) is 0 Å². The van der Waals surface area contributed by atoms with E-state index >= 15 is 0 Å². The van der Waals surface area contributed by atoms with Gasteiger partial charge in [0.05, 0.1) is 25.4 Å². The van der Waals surface area contributed by atoms with Crippen LogP contribution in [0.25, 0.3) is 0 Å². The fraction of sp³-hybridized carbons (Fsp3) is 0.830.